The molecule has 0 aliphatic heterocycles. The van der Waals surface area contributed by atoms with Gasteiger partial charge in [0.05, 0.1) is 6.54 Å². The highest BCUT2D eigenvalue weighted by molar-refractivity contribution is 7.97. The Morgan fingerprint density at radius 3 is 2.33 bits per heavy atom. The van der Waals surface area contributed by atoms with Crippen LogP contribution in [0.3, 0.4) is 0 Å². The molecule has 0 spiro atoms. The van der Waals surface area contributed by atoms with Crippen LogP contribution in [0, 0.1) is 5.92 Å². The second-order valence-electron chi connectivity index (χ2n) is 7.26. The van der Waals surface area contributed by atoms with Crippen LogP contribution in [0.15, 0.2) is 53.6 Å². The third-order valence-electron chi connectivity index (χ3n) is 4.00. The van der Waals surface area contributed by atoms with Crippen LogP contribution in [0.25, 0.3) is 10.8 Å². The van der Waals surface area contributed by atoms with E-state index >= 15 is 0 Å². The molecule has 27 heavy (non-hydrogen) atoms. The molecule has 0 bridgehead atoms. The van der Waals surface area contributed by atoms with Crippen molar-refractivity contribution in [3.63, 3.8) is 0 Å². The highest BCUT2D eigenvalue weighted by atomic mass is 32.2. The van der Waals surface area contributed by atoms with Crippen molar-refractivity contribution in [3.8, 4) is 0 Å². The average molecular weight is 389 g/mol. The van der Waals surface area contributed by atoms with Crippen molar-refractivity contribution < 1.29 is 5.21 Å². The van der Waals surface area contributed by atoms with E-state index in [0.717, 1.165) is 19.4 Å². The van der Waals surface area contributed by atoms with Crippen LogP contribution in [-0.4, -0.2) is 22.6 Å². The number of rotatable bonds is 9. The van der Waals surface area contributed by atoms with E-state index in [-0.39, 0.29) is 0 Å². The Morgan fingerprint density at radius 2 is 1.74 bits per heavy atom. The number of hydroxylamine groups is 1. The van der Waals surface area contributed by atoms with E-state index < -0.39 is 0 Å². The first kappa shape index (κ1) is 23.5. The molecule has 0 fully saturated rings. The van der Waals surface area contributed by atoms with Crippen molar-refractivity contribution in [1.82, 2.24) is 9.79 Å². The van der Waals surface area contributed by atoms with Gasteiger partial charge < -0.3 is 0 Å². The number of hydrogen-bond acceptors (Lipinski definition) is 4. The maximum atomic E-state index is 9.03. The van der Waals surface area contributed by atoms with Gasteiger partial charge in [-0.05, 0) is 59.2 Å². The SMILES string of the molecule is C=C(CN(CCC(C)C)Sc1ccc2cc(CC)ccc2c1)NO.CCC. The molecule has 0 amide bonds. The Kier molecular flexibility index (Phi) is 11.2. The summed E-state index contributed by atoms with van der Waals surface area (Å²) in [7, 11) is 0. The second-order valence-corrected chi connectivity index (χ2v) is 8.43. The Bertz CT molecular complexity index is 700. The Balaban J connectivity index is 0.00000114. The molecule has 2 aromatic rings. The number of aryl methyl sites for hydroxylation is 1. The van der Waals surface area contributed by atoms with E-state index in [0.29, 0.717) is 18.2 Å². The fourth-order valence-corrected chi connectivity index (χ4v) is 3.53. The molecule has 0 aromatic heterocycles. The molecule has 2 aromatic carbocycles. The summed E-state index contributed by atoms with van der Waals surface area (Å²) >= 11 is 1.72. The molecule has 0 atom stereocenters. The quantitative estimate of drug-likeness (QED) is 0.371. The summed E-state index contributed by atoms with van der Waals surface area (Å²) in [5, 5.41) is 11.6. The Labute approximate surface area is 169 Å². The number of nitrogens with zero attached hydrogens (tertiary/aromatic N) is 1. The van der Waals surface area contributed by atoms with Gasteiger partial charge in [0.1, 0.15) is 0 Å². The van der Waals surface area contributed by atoms with Gasteiger partial charge in [0.25, 0.3) is 0 Å². The summed E-state index contributed by atoms with van der Waals surface area (Å²) in [5.74, 6) is 0.646. The zero-order valence-electron chi connectivity index (χ0n) is 17.6. The van der Waals surface area contributed by atoms with Crippen LogP contribution < -0.4 is 5.48 Å². The molecular formula is C23H36N2OS. The minimum atomic E-state index is 0.611. The van der Waals surface area contributed by atoms with Crippen molar-refractivity contribution in [1.29, 1.82) is 0 Å². The van der Waals surface area contributed by atoms with E-state index in [4.69, 9.17) is 5.21 Å². The summed E-state index contributed by atoms with van der Waals surface area (Å²) in [4.78, 5) is 1.21. The summed E-state index contributed by atoms with van der Waals surface area (Å²) in [6.07, 6.45) is 3.42. The predicted molar refractivity (Wildman–Crippen MR) is 120 cm³/mol. The molecule has 0 saturated carbocycles. The molecule has 3 nitrogen and oxygen atoms in total. The molecule has 4 heteroatoms. The number of benzene rings is 2. The zero-order chi connectivity index (χ0) is 20.2. The fourth-order valence-electron chi connectivity index (χ4n) is 2.51. The third-order valence-corrected chi connectivity index (χ3v) is 5.03. The van der Waals surface area contributed by atoms with E-state index in [2.05, 4.69) is 87.4 Å². The highest BCUT2D eigenvalue weighted by Crippen LogP contribution is 2.28. The Morgan fingerprint density at radius 1 is 1.11 bits per heavy atom. The maximum Gasteiger partial charge on any atom is 0.0509 e. The predicted octanol–water partition coefficient (Wildman–Crippen LogP) is 6.67. The van der Waals surface area contributed by atoms with Gasteiger partial charge in [-0.3, -0.25) is 10.7 Å². The lowest BCUT2D eigenvalue weighted by molar-refractivity contribution is 0.193. The monoisotopic (exact) mass is 388 g/mol. The van der Waals surface area contributed by atoms with E-state index in [1.807, 2.05) is 0 Å². The number of fused-ring (bicyclic) bond motifs is 1. The van der Waals surface area contributed by atoms with Gasteiger partial charge in [0.15, 0.2) is 0 Å². The van der Waals surface area contributed by atoms with E-state index in [1.165, 1.54) is 27.7 Å². The summed E-state index contributed by atoms with van der Waals surface area (Å²) in [6.45, 7) is 16.3. The summed E-state index contributed by atoms with van der Waals surface area (Å²) in [5.41, 5.74) is 4.14. The van der Waals surface area contributed by atoms with Crippen molar-refractivity contribution in [2.45, 2.75) is 58.8 Å². The van der Waals surface area contributed by atoms with Gasteiger partial charge in [0.2, 0.25) is 0 Å². The third kappa shape index (κ3) is 8.83. The zero-order valence-corrected chi connectivity index (χ0v) is 18.4. The first-order chi connectivity index (χ1) is 12.9. The average Bonchev–Trinajstić information content (AvgIpc) is 2.66. The normalized spacial score (nSPS) is 10.8. The van der Waals surface area contributed by atoms with Gasteiger partial charge in [-0.25, -0.2) is 4.31 Å². The van der Waals surface area contributed by atoms with E-state index in [9.17, 15) is 0 Å². The van der Waals surface area contributed by atoms with Gasteiger partial charge in [-0.15, -0.1) is 0 Å². The smallest absolute Gasteiger partial charge is 0.0509 e. The maximum absolute atomic E-state index is 9.03. The minimum absolute atomic E-state index is 0.611. The van der Waals surface area contributed by atoms with Crippen LogP contribution in [0.5, 0.6) is 0 Å². The first-order valence-electron chi connectivity index (χ1n) is 9.96. The lowest BCUT2D eigenvalue weighted by atomic mass is 10.1. The summed E-state index contributed by atoms with van der Waals surface area (Å²) in [6, 6.07) is 13.3. The summed E-state index contributed by atoms with van der Waals surface area (Å²) < 4.78 is 2.24. The second kappa shape index (κ2) is 12.8. The first-order valence-corrected chi connectivity index (χ1v) is 10.7. The molecule has 0 heterocycles. The molecule has 0 unspecified atom stereocenters. The van der Waals surface area contributed by atoms with Gasteiger partial charge in [-0.2, -0.15) is 0 Å². The van der Waals surface area contributed by atoms with Gasteiger partial charge in [-0.1, -0.05) is 71.9 Å². The van der Waals surface area contributed by atoms with Crippen LogP contribution in [0.4, 0.5) is 0 Å². The fraction of sp³-hybridized carbons (Fsp3) is 0.478. The van der Waals surface area contributed by atoms with Crippen LogP contribution in [-0.2, 0) is 6.42 Å². The van der Waals surface area contributed by atoms with Gasteiger partial charge >= 0.3 is 0 Å². The van der Waals surface area contributed by atoms with Crippen molar-refractivity contribution >= 4 is 22.7 Å². The number of hydrogen-bond donors (Lipinski definition) is 2. The van der Waals surface area contributed by atoms with Gasteiger partial charge in [0, 0.05) is 17.1 Å². The molecule has 2 N–H and O–H groups in total. The van der Waals surface area contributed by atoms with Crippen molar-refractivity contribution in [2.75, 3.05) is 13.1 Å². The molecule has 0 aliphatic carbocycles. The molecule has 0 aliphatic rings. The van der Waals surface area contributed by atoms with Crippen LogP contribution in [0.2, 0.25) is 0 Å². The Hall–Kier alpha value is -1.49. The van der Waals surface area contributed by atoms with E-state index in [1.54, 1.807) is 11.9 Å². The van der Waals surface area contributed by atoms with Crippen LogP contribution >= 0.6 is 11.9 Å². The number of nitrogens with one attached hydrogen (secondary N) is 1. The highest BCUT2D eigenvalue weighted by Gasteiger charge is 2.10. The minimum Gasteiger partial charge on any atom is -0.291 e. The standard InChI is InChI=1S/C20H28N2OS.C3H8/c1-5-17-6-7-19-13-20(9-8-18(19)12-17)24-22(11-10-15(2)3)14-16(4)21-23;1-3-2/h6-9,12-13,15,21,23H,4-5,10-11,14H2,1-3H3;3H2,1-2H3. The molecule has 0 radical (unpaired) electrons. The molecule has 150 valence electrons. The molecular weight excluding hydrogens is 352 g/mol. The lowest BCUT2D eigenvalue weighted by Crippen LogP contribution is -2.25. The largest absolute Gasteiger partial charge is 0.291 e. The van der Waals surface area contributed by atoms with Crippen molar-refractivity contribution in [2.24, 2.45) is 5.92 Å². The topological polar surface area (TPSA) is 35.5 Å². The molecule has 0 saturated heterocycles. The molecule has 2 rings (SSSR count). The van der Waals surface area contributed by atoms with Crippen molar-refractivity contribution in [3.05, 3.63) is 54.2 Å². The van der Waals surface area contributed by atoms with Crippen LogP contribution in [0.1, 0.15) is 53.0 Å². The lowest BCUT2D eigenvalue weighted by Gasteiger charge is -2.22.